The van der Waals surface area contributed by atoms with Crippen LogP contribution in [0.4, 0.5) is 10.1 Å². The third-order valence-electron chi connectivity index (χ3n) is 2.30. The number of benzene rings is 1. The second-order valence-electron chi connectivity index (χ2n) is 3.84. The minimum Gasteiger partial charge on any atom is -0.378 e. The van der Waals surface area contributed by atoms with Gasteiger partial charge in [0, 0.05) is 16.3 Å². The predicted octanol–water partition coefficient (Wildman–Crippen LogP) is 2.82. The Bertz CT molecular complexity index is 470. The first-order valence-electron chi connectivity index (χ1n) is 5.26. The molecule has 96 valence electrons. The summed E-state index contributed by atoms with van der Waals surface area (Å²) in [6, 6.07) is 4.27. The van der Waals surface area contributed by atoms with Crippen LogP contribution in [0.3, 0.4) is 0 Å². The van der Waals surface area contributed by atoms with E-state index >= 15 is 0 Å². The lowest BCUT2D eigenvalue weighted by Crippen LogP contribution is -2.27. The maximum atomic E-state index is 13.5. The Morgan fingerprint density at radius 1 is 1.47 bits per heavy atom. The lowest BCUT2D eigenvalue weighted by molar-refractivity contribution is 0.592. The molecule has 17 heavy (non-hydrogen) atoms. The van der Waals surface area contributed by atoms with Gasteiger partial charge < -0.3 is 5.32 Å². The Morgan fingerprint density at radius 2 is 2.12 bits per heavy atom. The summed E-state index contributed by atoms with van der Waals surface area (Å²) < 4.78 is 36.9. The summed E-state index contributed by atoms with van der Waals surface area (Å²) >= 11 is 3.22. The molecule has 0 heterocycles. The quantitative estimate of drug-likeness (QED) is 0.906. The molecular weight excluding hydrogens is 309 g/mol. The van der Waals surface area contributed by atoms with E-state index in [0.717, 1.165) is 0 Å². The van der Waals surface area contributed by atoms with Crippen LogP contribution in [0, 0.1) is 5.82 Å². The summed E-state index contributed by atoms with van der Waals surface area (Å²) in [6.45, 7) is 3.31. The van der Waals surface area contributed by atoms with Crippen molar-refractivity contribution in [1.29, 1.82) is 0 Å². The molecule has 0 aliphatic carbocycles. The van der Waals surface area contributed by atoms with Crippen LogP contribution in [0.1, 0.15) is 13.8 Å². The maximum absolute atomic E-state index is 13.5. The van der Waals surface area contributed by atoms with Crippen LogP contribution < -0.4 is 5.32 Å². The minimum absolute atomic E-state index is 0.00965. The molecule has 0 spiro atoms. The van der Waals surface area contributed by atoms with Gasteiger partial charge in [-0.3, -0.25) is 0 Å². The van der Waals surface area contributed by atoms with Crippen molar-refractivity contribution in [3.8, 4) is 0 Å². The van der Waals surface area contributed by atoms with E-state index < -0.39 is 15.7 Å². The number of halogens is 2. The Balaban J connectivity index is 2.79. The van der Waals surface area contributed by atoms with E-state index in [9.17, 15) is 12.8 Å². The van der Waals surface area contributed by atoms with Crippen molar-refractivity contribution in [2.45, 2.75) is 19.9 Å². The van der Waals surface area contributed by atoms with E-state index in [4.69, 9.17) is 0 Å². The van der Waals surface area contributed by atoms with Crippen molar-refractivity contribution < 1.29 is 12.8 Å². The van der Waals surface area contributed by atoms with Gasteiger partial charge in [-0.05, 0) is 35.0 Å². The summed E-state index contributed by atoms with van der Waals surface area (Å²) in [5.74, 6) is -0.318. The number of sulfone groups is 1. The average molecular weight is 324 g/mol. The second kappa shape index (κ2) is 5.82. The number of hydrogen-bond acceptors (Lipinski definition) is 3. The Kier molecular flexibility index (Phi) is 4.94. The zero-order valence-corrected chi connectivity index (χ0v) is 12.1. The molecule has 0 fully saturated rings. The van der Waals surface area contributed by atoms with Crippen LogP contribution in [0.5, 0.6) is 0 Å². The largest absolute Gasteiger partial charge is 0.378 e. The van der Waals surface area contributed by atoms with Gasteiger partial charge in [0.15, 0.2) is 9.84 Å². The first kappa shape index (κ1) is 14.4. The lowest BCUT2D eigenvalue weighted by Gasteiger charge is -2.16. The molecule has 6 heteroatoms. The van der Waals surface area contributed by atoms with E-state index in [0.29, 0.717) is 10.2 Å². The SMILES string of the molecule is CCS(=O)(=O)CC(C)Nc1c(F)cccc1Br. The predicted molar refractivity (Wildman–Crippen MR) is 71.5 cm³/mol. The van der Waals surface area contributed by atoms with Crippen LogP contribution >= 0.6 is 15.9 Å². The monoisotopic (exact) mass is 323 g/mol. The number of hydrogen-bond donors (Lipinski definition) is 1. The minimum atomic E-state index is -3.06. The average Bonchev–Trinajstić information content (AvgIpc) is 2.23. The van der Waals surface area contributed by atoms with Gasteiger partial charge in [0.1, 0.15) is 5.82 Å². The molecule has 3 nitrogen and oxygen atoms in total. The number of rotatable bonds is 5. The fraction of sp³-hybridized carbons (Fsp3) is 0.455. The van der Waals surface area contributed by atoms with Gasteiger partial charge in [-0.15, -0.1) is 0 Å². The topological polar surface area (TPSA) is 46.2 Å². The van der Waals surface area contributed by atoms with E-state index in [1.165, 1.54) is 6.07 Å². The van der Waals surface area contributed by atoms with E-state index in [1.807, 2.05) is 0 Å². The first-order valence-corrected chi connectivity index (χ1v) is 7.88. The summed E-state index contributed by atoms with van der Waals surface area (Å²) in [5, 5.41) is 2.87. The van der Waals surface area contributed by atoms with Crippen LogP contribution in [-0.2, 0) is 9.84 Å². The third-order valence-corrected chi connectivity index (χ3v) is 4.85. The molecule has 0 aliphatic heterocycles. The zero-order valence-electron chi connectivity index (χ0n) is 9.70. The fourth-order valence-corrected chi connectivity index (χ4v) is 2.96. The van der Waals surface area contributed by atoms with Crippen molar-refractivity contribution in [2.24, 2.45) is 0 Å². The molecule has 0 amide bonds. The maximum Gasteiger partial charge on any atom is 0.152 e. The lowest BCUT2D eigenvalue weighted by atomic mass is 10.3. The fourth-order valence-electron chi connectivity index (χ4n) is 1.42. The van der Waals surface area contributed by atoms with Gasteiger partial charge >= 0.3 is 0 Å². The summed E-state index contributed by atoms with van der Waals surface area (Å²) in [4.78, 5) is 0. The number of para-hydroxylation sites is 1. The third kappa shape index (κ3) is 4.27. The molecule has 1 unspecified atom stereocenters. The number of nitrogens with one attached hydrogen (secondary N) is 1. The first-order chi connectivity index (χ1) is 7.85. The Labute approximate surface area is 109 Å². The molecule has 0 aliphatic rings. The Morgan fingerprint density at radius 3 is 2.65 bits per heavy atom. The van der Waals surface area contributed by atoms with Gasteiger partial charge in [-0.25, -0.2) is 12.8 Å². The molecule has 0 bridgehead atoms. The smallest absolute Gasteiger partial charge is 0.152 e. The standard InChI is InChI=1S/C11H15BrFNO2S/c1-3-17(15,16)7-8(2)14-11-9(12)5-4-6-10(11)13/h4-6,8,14H,3,7H2,1-2H3. The highest BCUT2D eigenvalue weighted by atomic mass is 79.9. The van der Waals surface area contributed by atoms with E-state index in [2.05, 4.69) is 21.2 Å². The molecule has 1 aromatic carbocycles. The van der Waals surface area contributed by atoms with Crippen LogP contribution in [0.2, 0.25) is 0 Å². The van der Waals surface area contributed by atoms with Crippen molar-refractivity contribution in [3.05, 3.63) is 28.5 Å². The van der Waals surface area contributed by atoms with Gasteiger partial charge in [0.25, 0.3) is 0 Å². The molecule has 1 N–H and O–H groups in total. The summed E-state index contributed by atoms with van der Waals surface area (Å²) in [7, 11) is -3.06. The van der Waals surface area contributed by atoms with Gasteiger partial charge in [0.05, 0.1) is 11.4 Å². The highest BCUT2D eigenvalue weighted by Crippen LogP contribution is 2.25. The molecule has 0 radical (unpaired) electrons. The molecule has 0 aromatic heterocycles. The van der Waals surface area contributed by atoms with Crippen molar-refractivity contribution >= 4 is 31.5 Å². The summed E-state index contributed by atoms with van der Waals surface area (Å²) in [6.07, 6.45) is 0. The molecule has 0 saturated carbocycles. The summed E-state index contributed by atoms with van der Waals surface area (Å²) in [5.41, 5.74) is 0.298. The normalized spacial score (nSPS) is 13.4. The van der Waals surface area contributed by atoms with Crippen molar-refractivity contribution in [2.75, 3.05) is 16.8 Å². The molecule has 1 aromatic rings. The van der Waals surface area contributed by atoms with Crippen LogP contribution in [0.15, 0.2) is 22.7 Å². The van der Waals surface area contributed by atoms with Gasteiger partial charge in [-0.2, -0.15) is 0 Å². The highest BCUT2D eigenvalue weighted by Gasteiger charge is 2.16. The van der Waals surface area contributed by atoms with Crippen molar-refractivity contribution in [1.82, 2.24) is 0 Å². The van der Waals surface area contributed by atoms with E-state index in [-0.39, 0.29) is 17.5 Å². The van der Waals surface area contributed by atoms with Crippen LogP contribution in [0.25, 0.3) is 0 Å². The molecule has 1 rings (SSSR count). The zero-order chi connectivity index (χ0) is 13.1. The van der Waals surface area contributed by atoms with Crippen molar-refractivity contribution in [3.63, 3.8) is 0 Å². The van der Waals surface area contributed by atoms with Crippen LogP contribution in [-0.4, -0.2) is 26.0 Å². The Hall–Kier alpha value is -0.620. The number of anilines is 1. The second-order valence-corrected chi connectivity index (χ2v) is 7.09. The highest BCUT2D eigenvalue weighted by molar-refractivity contribution is 9.10. The van der Waals surface area contributed by atoms with Gasteiger partial charge in [0.2, 0.25) is 0 Å². The molecule has 0 saturated heterocycles. The molecular formula is C11H15BrFNO2S. The molecule has 1 atom stereocenters. The van der Waals surface area contributed by atoms with Gasteiger partial charge in [-0.1, -0.05) is 13.0 Å². The van der Waals surface area contributed by atoms with E-state index in [1.54, 1.807) is 26.0 Å².